The van der Waals surface area contributed by atoms with Crippen molar-refractivity contribution in [2.45, 2.75) is 25.4 Å². The quantitative estimate of drug-likeness (QED) is 0.607. The summed E-state index contributed by atoms with van der Waals surface area (Å²) in [6, 6.07) is 3.01. The number of piperidine rings is 1. The van der Waals surface area contributed by atoms with Gasteiger partial charge in [-0.3, -0.25) is 19.5 Å². The second kappa shape index (κ2) is 6.94. The third-order valence-corrected chi connectivity index (χ3v) is 5.14. The summed E-state index contributed by atoms with van der Waals surface area (Å²) >= 11 is 6.27. The molecular formula is C18H21ClN4O4. The summed E-state index contributed by atoms with van der Waals surface area (Å²) < 4.78 is 0. The second-order valence-electron chi connectivity index (χ2n) is 7.27. The number of aliphatic hydroxyl groups is 1. The molecule has 27 heavy (non-hydrogen) atoms. The SMILES string of the molecule is CN(C)C(=O)C(=O)c1n[nH]c2cc(Cl)c(C(=O)N3CCC(C)(O)CC3)cc12. The fourth-order valence-electron chi connectivity index (χ4n) is 3.04. The van der Waals surface area contributed by atoms with Crippen LogP contribution in [0.2, 0.25) is 5.02 Å². The topological polar surface area (TPSA) is 107 Å². The maximum absolute atomic E-state index is 12.9. The van der Waals surface area contributed by atoms with Crippen molar-refractivity contribution in [2.75, 3.05) is 27.2 Å². The van der Waals surface area contributed by atoms with Gasteiger partial charge < -0.3 is 14.9 Å². The Morgan fingerprint density at radius 2 is 1.89 bits per heavy atom. The molecule has 0 aliphatic carbocycles. The number of aromatic nitrogens is 2. The Hall–Kier alpha value is -2.45. The molecule has 0 unspecified atom stereocenters. The van der Waals surface area contributed by atoms with Crippen LogP contribution in [0.3, 0.4) is 0 Å². The van der Waals surface area contributed by atoms with E-state index in [0.29, 0.717) is 36.8 Å². The number of carbonyl (C=O) groups is 3. The lowest BCUT2D eigenvalue weighted by atomic mass is 9.93. The number of aromatic amines is 1. The van der Waals surface area contributed by atoms with E-state index in [4.69, 9.17) is 11.6 Å². The Labute approximate surface area is 161 Å². The number of H-pyrrole nitrogens is 1. The van der Waals surface area contributed by atoms with E-state index in [2.05, 4.69) is 10.2 Å². The molecule has 1 aliphatic rings. The van der Waals surface area contributed by atoms with E-state index in [0.717, 1.165) is 0 Å². The van der Waals surface area contributed by atoms with Crippen LogP contribution in [0.4, 0.5) is 0 Å². The molecule has 144 valence electrons. The molecular weight excluding hydrogens is 372 g/mol. The number of rotatable bonds is 3. The van der Waals surface area contributed by atoms with E-state index < -0.39 is 17.3 Å². The van der Waals surface area contributed by atoms with E-state index in [-0.39, 0.29) is 22.2 Å². The number of nitrogens with one attached hydrogen (secondary N) is 1. The zero-order valence-electron chi connectivity index (χ0n) is 15.4. The highest BCUT2D eigenvalue weighted by molar-refractivity contribution is 6.44. The molecule has 1 aromatic heterocycles. The number of ketones is 1. The summed E-state index contributed by atoms with van der Waals surface area (Å²) in [5.41, 5.74) is -0.121. The minimum Gasteiger partial charge on any atom is -0.390 e. The molecule has 0 spiro atoms. The van der Waals surface area contributed by atoms with Crippen LogP contribution in [-0.2, 0) is 4.79 Å². The minimum atomic E-state index is -0.777. The van der Waals surface area contributed by atoms with E-state index in [1.54, 1.807) is 11.8 Å². The van der Waals surface area contributed by atoms with Crippen molar-refractivity contribution >= 4 is 40.1 Å². The molecule has 1 aromatic carbocycles. The smallest absolute Gasteiger partial charge is 0.296 e. The van der Waals surface area contributed by atoms with Crippen molar-refractivity contribution in [3.63, 3.8) is 0 Å². The maximum Gasteiger partial charge on any atom is 0.296 e. The number of hydrogen-bond donors (Lipinski definition) is 2. The van der Waals surface area contributed by atoms with Gasteiger partial charge in [0, 0.05) is 32.6 Å². The average Bonchev–Trinajstić information content (AvgIpc) is 3.01. The number of halogens is 1. The van der Waals surface area contributed by atoms with Crippen molar-refractivity contribution < 1.29 is 19.5 Å². The Morgan fingerprint density at radius 3 is 2.48 bits per heavy atom. The third kappa shape index (κ3) is 3.68. The van der Waals surface area contributed by atoms with Crippen LogP contribution in [0.1, 0.15) is 40.6 Å². The highest BCUT2D eigenvalue weighted by Gasteiger charge is 2.31. The zero-order chi connectivity index (χ0) is 19.9. The van der Waals surface area contributed by atoms with Crippen molar-refractivity contribution in [2.24, 2.45) is 0 Å². The summed E-state index contributed by atoms with van der Waals surface area (Å²) in [5, 5.41) is 17.3. The number of amides is 2. The van der Waals surface area contributed by atoms with Gasteiger partial charge in [0.15, 0.2) is 0 Å². The molecule has 9 heteroatoms. The third-order valence-electron chi connectivity index (χ3n) is 4.82. The summed E-state index contributed by atoms with van der Waals surface area (Å²) in [7, 11) is 2.96. The van der Waals surface area contributed by atoms with Crippen LogP contribution in [0.25, 0.3) is 10.9 Å². The molecule has 0 saturated carbocycles. The van der Waals surface area contributed by atoms with Gasteiger partial charge >= 0.3 is 0 Å². The fourth-order valence-corrected chi connectivity index (χ4v) is 3.29. The molecule has 1 aliphatic heterocycles. The lowest BCUT2D eigenvalue weighted by Crippen LogP contribution is -2.45. The first-order chi connectivity index (χ1) is 12.6. The average molecular weight is 393 g/mol. The lowest BCUT2D eigenvalue weighted by molar-refractivity contribution is -0.124. The van der Waals surface area contributed by atoms with Crippen LogP contribution in [0.5, 0.6) is 0 Å². The van der Waals surface area contributed by atoms with Gasteiger partial charge in [0.1, 0.15) is 5.69 Å². The first-order valence-electron chi connectivity index (χ1n) is 8.56. The van der Waals surface area contributed by atoms with Crippen LogP contribution >= 0.6 is 11.6 Å². The van der Waals surface area contributed by atoms with E-state index in [1.807, 2.05) is 0 Å². The van der Waals surface area contributed by atoms with Gasteiger partial charge in [-0.05, 0) is 31.9 Å². The molecule has 2 amide bonds. The van der Waals surface area contributed by atoms with Crippen LogP contribution in [0, 0.1) is 0 Å². The number of likely N-dealkylation sites (N-methyl/N-ethyl adjacent to an activating group) is 1. The highest BCUT2D eigenvalue weighted by Crippen LogP contribution is 2.28. The Bertz CT molecular complexity index is 925. The standard InChI is InChI=1S/C18H21ClN4O4/c1-18(27)4-6-23(7-5-18)16(25)10-8-11-13(9-12(10)19)20-21-14(11)15(24)17(26)22(2)3/h8-9,27H,4-7H2,1-3H3,(H,20,21). The number of benzene rings is 1. The molecule has 2 heterocycles. The predicted octanol–water partition coefficient (Wildman–Crippen LogP) is 1.47. The number of Topliss-reactive ketones (excluding diaryl/α,β-unsaturated/α-hetero) is 1. The summed E-state index contributed by atoms with van der Waals surface area (Å²) in [6.07, 6.45) is 0.955. The fraction of sp³-hybridized carbons (Fsp3) is 0.444. The largest absolute Gasteiger partial charge is 0.390 e. The second-order valence-corrected chi connectivity index (χ2v) is 7.67. The summed E-state index contributed by atoms with van der Waals surface area (Å²) in [6.45, 7) is 2.58. The molecule has 0 radical (unpaired) electrons. The van der Waals surface area contributed by atoms with Crippen molar-refractivity contribution in [1.29, 1.82) is 0 Å². The summed E-state index contributed by atoms with van der Waals surface area (Å²) in [5.74, 6) is -1.75. The van der Waals surface area contributed by atoms with Gasteiger partial charge in [-0.15, -0.1) is 0 Å². The van der Waals surface area contributed by atoms with E-state index >= 15 is 0 Å². The van der Waals surface area contributed by atoms with Gasteiger partial charge in [0.05, 0.1) is 21.7 Å². The van der Waals surface area contributed by atoms with Gasteiger partial charge in [0.25, 0.3) is 17.6 Å². The Balaban J connectivity index is 1.96. The Kier molecular flexibility index (Phi) is 4.96. The van der Waals surface area contributed by atoms with Crippen LogP contribution in [-0.4, -0.2) is 75.5 Å². The normalized spacial score (nSPS) is 16.4. The molecule has 1 fully saturated rings. The monoisotopic (exact) mass is 392 g/mol. The van der Waals surface area contributed by atoms with Crippen molar-refractivity contribution in [3.05, 3.63) is 28.4 Å². The highest BCUT2D eigenvalue weighted by atomic mass is 35.5. The van der Waals surface area contributed by atoms with Gasteiger partial charge in [0.2, 0.25) is 0 Å². The first kappa shape index (κ1) is 19.3. The summed E-state index contributed by atoms with van der Waals surface area (Å²) in [4.78, 5) is 40.0. The number of likely N-dealkylation sites (tertiary alicyclic amines) is 1. The molecule has 3 rings (SSSR count). The van der Waals surface area contributed by atoms with Gasteiger partial charge in [-0.2, -0.15) is 5.10 Å². The first-order valence-corrected chi connectivity index (χ1v) is 8.94. The van der Waals surface area contributed by atoms with Gasteiger partial charge in [-0.25, -0.2) is 0 Å². The molecule has 1 saturated heterocycles. The minimum absolute atomic E-state index is 0.0454. The molecule has 8 nitrogen and oxygen atoms in total. The molecule has 2 aromatic rings. The molecule has 0 atom stereocenters. The van der Waals surface area contributed by atoms with Crippen LogP contribution in [0.15, 0.2) is 12.1 Å². The van der Waals surface area contributed by atoms with E-state index in [9.17, 15) is 19.5 Å². The number of fused-ring (bicyclic) bond motifs is 1. The number of carbonyl (C=O) groups excluding carboxylic acids is 3. The van der Waals surface area contributed by atoms with Crippen LogP contribution < -0.4 is 0 Å². The lowest BCUT2D eigenvalue weighted by Gasteiger charge is -2.35. The number of nitrogens with zero attached hydrogens (tertiary/aromatic N) is 3. The maximum atomic E-state index is 12.9. The van der Waals surface area contributed by atoms with Gasteiger partial charge in [-0.1, -0.05) is 11.6 Å². The zero-order valence-corrected chi connectivity index (χ0v) is 16.1. The molecule has 0 bridgehead atoms. The number of hydrogen-bond acceptors (Lipinski definition) is 5. The van der Waals surface area contributed by atoms with Crippen molar-refractivity contribution in [3.8, 4) is 0 Å². The Morgan fingerprint density at radius 1 is 1.26 bits per heavy atom. The van der Waals surface area contributed by atoms with E-state index in [1.165, 1.54) is 31.1 Å². The molecule has 2 N–H and O–H groups in total. The van der Waals surface area contributed by atoms with Crippen molar-refractivity contribution in [1.82, 2.24) is 20.0 Å². The predicted molar refractivity (Wildman–Crippen MR) is 99.9 cm³/mol.